The minimum Gasteiger partial charge on any atom is -0.325 e. The summed E-state index contributed by atoms with van der Waals surface area (Å²) in [6.07, 6.45) is 3.24. The summed E-state index contributed by atoms with van der Waals surface area (Å²) >= 11 is 6.01. The number of hydrogen-bond donors (Lipinski definition) is 1. The van der Waals surface area contributed by atoms with Gasteiger partial charge in [-0.15, -0.1) is 0 Å². The number of anilines is 1. The predicted octanol–water partition coefficient (Wildman–Crippen LogP) is 2.70. The van der Waals surface area contributed by atoms with Crippen LogP contribution in [0.5, 0.6) is 0 Å². The molecule has 5 nitrogen and oxygen atoms in total. The van der Waals surface area contributed by atoms with Gasteiger partial charge in [0.25, 0.3) is 0 Å². The third kappa shape index (κ3) is 2.42. The second-order valence-electron chi connectivity index (χ2n) is 6.99. The average molecular weight is 347 g/mol. The van der Waals surface area contributed by atoms with E-state index in [9.17, 15) is 14.4 Å². The van der Waals surface area contributed by atoms with Gasteiger partial charge in [0, 0.05) is 13.0 Å². The van der Waals surface area contributed by atoms with E-state index in [4.69, 9.17) is 11.6 Å². The van der Waals surface area contributed by atoms with E-state index in [0.29, 0.717) is 22.5 Å². The van der Waals surface area contributed by atoms with E-state index in [0.717, 1.165) is 19.3 Å². The van der Waals surface area contributed by atoms with Crippen LogP contribution < -0.4 is 5.32 Å². The maximum absolute atomic E-state index is 12.6. The Balaban J connectivity index is 1.38. The van der Waals surface area contributed by atoms with Gasteiger partial charge in [-0.1, -0.05) is 23.7 Å². The summed E-state index contributed by atoms with van der Waals surface area (Å²) in [6.45, 7) is 0.153. The van der Waals surface area contributed by atoms with Crippen molar-refractivity contribution in [3.8, 4) is 0 Å². The molecule has 2 aliphatic carbocycles. The lowest BCUT2D eigenvalue weighted by Gasteiger charge is -2.19. The number of hydrogen-bond acceptors (Lipinski definition) is 3. The van der Waals surface area contributed by atoms with E-state index in [2.05, 4.69) is 5.32 Å². The summed E-state index contributed by atoms with van der Waals surface area (Å²) in [5.41, 5.74) is 0.540. The van der Waals surface area contributed by atoms with Crippen molar-refractivity contribution in [3.05, 3.63) is 29.3 Å². The summed E-state index contributed by atoms with van der Waals surface area (Å²) in [7, 11) is 0. The van der Waals surface area contributed by atoms with E-state index in [1.165, 1.54) is 4.90 Å². The van der Waals surface area contributed by atoms with Crippen LogP contribution >= 0.6 is 11.6 Å². The molecule has 24 heavy (non-hydrogen) atoms. The molecule has 2 bridgehead atoms. The number of nitrogens with one attached hydrogen (secondary N) is 1. The second-order valence-corrected chi connectivity index (χ2v) is 7.40. The molecule has 4 atom stereocenters. The molecular formula is C18H19ClN2O3. The smallest absolute Gasteiger partial charge is 0.233 e. The van der Waals surface area contributed by atoms with E-state index >= 15 is 0 Å². The second kappa shape index (κ2) is 5.88. The van der Waals surface area contributed by atoms with E-state index < -0.39 is 0 Å². The number of halogens is 1. The highest BCUT2D eigenvalue weighted by Crippen LogP contribution is 2.56. The largest absolute Gasteiger partial charge is 0.325 e. The topological polar surface area (TPSA) is 66.5 Å². The molecule has 0 spiro atoms. The Bertz CT molecular complexity index is 692. The van der Waals surface area contributed by atoms with Crippen molar-refractivity contribution >= 4 is 35.0 Å². The lowest BCUT2D eigenvalue weighted by Crippen LogP contribution is -2.35. The zero-order valence-electron chi connectivity index (χ0n) is 13.2. The molecule has 1 aliphatic heterocycles. The number of benzene rings is 1. The van der Waals surface area contributed by atoms with Crippen LogP contribution in [0.3, 0.4) is 0 Å². The van der Waals surface area contributed by atoms with Crippen LogP contribution in [-0.4, -0.2) is 29.2 Å². The Morgan fingerprint density at radius 3 is 2.38 bits per heavy atom. The zero-order valence-corrected chi connectivity index (χ0v) is 14.0. The van der Waals surface area contributed by atoms with Crippen molar-refractivity contribution in [1.82, 2.24) is 4.90 Å². The van der Waals surface area contributed by atoms with Crippen molar-refractivity contribution in [3.63, 3.8) is 0 Å². The standard InChI is InChI=1S/C18H19ClN2O3/c19-12-3-1-2-4-13(12)20-14(22)7-8-21-17(23)15-10-5-6-11(9-10)16(15)18(21)24/h1-4,10-11,15-16H,5-9H2,(H,20,22)/t10-,11+,15-,16+. The first kappa shape index (κ1) is 15.6. The van der Waals surface area contributed by atoms with Gasteiger partial charge in [-0.3, -0.25) is 19.3 Å². The molecule has 1 N–H and O–H groups in total. The zero-order chi connectivity index (χ0) is 16.8. The molecule has 126 valence electrons. The van der Waals surface area contributed by atoms with Crippen LogP contribution in [0.25, 0.3) is 0 Å². The fraction of sp³-hybridized carbons (Fsp3) is 0.500. The van der Waals surface area contributed by atoms with Gasteiger partial charge < -0.3 is 5.32 Å². The van der Waals surface area contributed by atoms with Gasteiger partial charge in [0.1, 0.15) is 0 Å². The van der Waals surface area contributed by atoms with E-state index in [-0.39, 0.29) is 42.5 Å². The Morgan fingerprint density at radius 2 is 1.75 bits per heavy atom. The van der Waals surface area contributed by atoms with Gasteiger partial charge in [-0.05, 0) is 43.2 Å². The number of carbonyl (C=O) groups excluding carboxylic acids is 3. The van der Waals surface area contributed by atoms with Crippen LogP contribution in [0.1, 0.15) is 25.7 Å². The summed E-state index contributed by atoms with van der Waals surface area (Å²) in [4.78, 5) is 38.5. The average Bonchev–Trinajstić information content (AvgIpc) is 3.23. The van der Waals surface area contributed by atoms with Gasteiger partial charge >= 0.3 is 0 Å². The van der Waals surface area contributed by atoms with Gasteiger partial charge in [-0.25, -0.2) is 0 Å². The third-order valence-electron chi connectivity index (χ3n) is 5.73. The summed E-state index contributed by atoms with van der Waals surface area (Å²) in [5.74, 6) is 0.122. The Morgan fingerprint density at radius 1 is 1.12 bits per heavy atom. The number of amides is 3. The maximum Gasteiger partial charge on any atom is 0.233 e. The van der Waals surface area contributed by atoms with Crippen LogP contribution in [0.2, 0.25) is 5.02 Å². The molecule has 1 saturated heterocycles. The molecule has 6 heteroatoms. The fourth-order valence-corrected chi connectivity index (χ4v) is 4.86. The van der Waals surface area contributed by atoms with Gasteiger partial charge in [0.15, 0.2) is 0 Å². The predicted molar refractivity (Wildman–Crippen MR) is 89.2 cm³/mol. The van der Waals surface area contributed by atoms with Gasteiger partial charge in [0.2, 0.25) is 17.7 Å². The summed E-state index contributed by atoms with van der Waals surface area (Å²) < 4.78 is 0. The lowest BCUT2D eigenvalue weighted by atomic mass is 9.81. The highest BCUT2D eigenvalue weighted by atomic mass is 35.5. The Labute approximate surface area is 145 Å². The van der Waals surface area contributed by atoms with Crippen LogP contribution in [-0.2, 0) is 14.4 Å². The van der Waals surface area contributed by atoms with Crippen LogP contribution in [0, 0.1) is 23.7 Å². The van der Waals surface area contributed by atoms with E-state index in [1.807, 2.05) is 0 Å². The van der Waals surface area contributed by atoms with Crippen LogP contribution in [0.15, 0.2) is 24.3 Å². The lowest BCUT2D eigenvalue weighted by molar-refractivity contribution is -0.140. The first-order chi connectivity index (χ1) is 11.6. The first-order valence-corrected chi connectivity index (χ1v) is 8.83. The molecule has 0 radical (unpaired) electrons. The highest BCUT2D eigenvalue weighted by molar-refractivity contribution is 6.33. The minimum atomic E-state index is -0.247. The molecule has 4 rings (SSSR count). The molecule has 1 heterocycles. The molecule has 3 aliphatic rings. The molecule has 3 amide bonds. The van der Waals surface area contributed by atoms with Gasteiger partial charge in [-0.2, -0.15) is 0 Å². The third-order valence-corrected chi connectivity index (χ3v) is 6.06. The van der Waals surface area contributed by atoms with Crippen LogP contribution in [0.4, 0.5) is 5.69 Å². The number of carbonyl (C=O) groups is 3. The quantitative estimate of drug-likeness (QED) is 0.852. The minimum absolute atomic E-state index is 0.0669. The Hall–Kier alpha value is -1.88. The SMILES string of the molecule is O=C(CCN1C(=O)[C@@H]2[C@@H]3CC[C@@H](C3)[C@@H]2C1=O)Nc1ccccc1Cl. The molecule has 3 fully saturated rings. The molecule has 2 saturated carbocycles. The Kier molecular flexibility index (Phi) is 3.83. The van der Waals surface area contributed by atoms with Crippen molar-refractivity contribution in [2.24, 2.45) is 23.7 Å². The fourth-order valence-electron chi connectivity index (χ4n) is 4.68. The van der Waals surface area contributed by atoms with Gasteiger partial charge in [0.05, 0.1) is 22.5 Å². The highest BCUT2D eigenvalue weighted by Gasteiger charge is 2.60. The number of nitrogens with zero attached hydrogens (tertiary/aromatic N) is 1. The van der Waals surface area contributed by atoms with Crippen molar-refractivity contribution in [2.75, 3.05) is 11.9 Å². The molecule has 0 unspecified atom stereocenters. The number of fused-ring (bicyclic) bond motifs is 5. The molecule has 1 aromatic rings. The van der Waals surface area contributed by atoms with Crippen molar-refractivity contribution in [2.45, 2.75) is 25.7 Å². The first-order valence-electron chi connectivity index (χ1n) is 8.46. The number of likely N-dealkylation sites (tertiary alicyclic amines) is 1. The monoisotopic (exact) mass is 346 g/mol. The number of rotatable bonds is 4. The summed E-state index contributed by atoms with van der Waals surface area (Å²) in [6, 6.07) is 6.98. The number of para-hydroxylation sites is 1. The normalized spacial score (nSPS) is 30.8. The molecule has 0 aromatic heterocycles. The summed E-state index contributed by atoms with van der Waals surface area (Å²) in [5, 5.41) is 3.19. The molecular weight excluding hydrogens is 328 g/mol. The van der Waals surface area contributed by atoms with Crippen molar-refractivity contribution < 1.29 is 14.4 Å². The van der Waals surface area contributed by atoms with Crippen molar-refractivity contribution in [1.29, 1.82) is 0 Å². The maximum atomic E-state index is 12.6. The number of imide groups is 1. The van der Waals surface area contributed by atoms with E-state index in [1.54, 1.807) is 24.3 Å². The molecule has 1 aromatic carbocycles.